The first-order valence-corrected chi connectivity index (χ1v) is 4.08. The molecule has 0 aromatic rings. The molecule has 0 rings (SSSR count). The summed E-state index contributed by atoms with van der Waals surface area (Å²) in [5, 5.41) is 9.89. The molecule has 0 spiro atoms. The zero-order chi connectivity index (χ0) is 8.20. The van der Waals surface area contributed by atoms with E-state index < -0.39 is 26.4 Å². The number of quaternary nitrogens is 2. The first kappa shape index (κ1) is 22.9. The van der Waals surface area contributed by atoms with Crippen LogP contribution in [-0.2, 0) is 9.36 Å². The molecule has 13 heavy (non-hydrogen) atoms. The minimum Gasteiger partial charge on any atom is -0.810 e. The highest BCUT2D eigenvalue weighted by atomic mass is 31.2. The van der Waals surface area contributed by atoms with Crippen molar-refractivity contribution in [1.82, 2.24) is 23.8 Å². The zero-order valence-corrected chi connectivity index (χ0v) is 8.54. The van der Waals surface area contributed by atoms with Crippen LogP contribution in [0.15, 0.2) is 0 Å². The number of hydrogen-bond donors (Lipinski definition) is 5. The molecule has 0 amide bonds. The standard InChI is InChI=1S/C3H8NO5P.3H3N/c5-3(6)1-4-2-10(7,8)9;;;/h4H,1-2H2,(H,5,6)(H2,7,8,9);3*1H3. The van der Waals surface area contributed by atoms with Gasteiger partial charge in [0.15, 0.2) is 0 Å². The summed E-state index contributed by atoms with van der Waals surface area (Å²) in [4.78, 5) is 29.4. The van der Waals surface area contributed by atoms with E-state index in [1.165, 1.54) is 0 Å². The average Bonchev–Trinajstić information content (AvgIpc) is 1.59. The summed E-state index contributed by atoms with van der Waals surface area (Å²) in [6, 6.07) is 0. The second kappa shape index (κ2) is 9.55. The maximum atomic E-state index is 9.83. The molecule has 0 aliphatic carbocycles. The first-order chi connectivity index (χ1) is 4.42. The van der Waals surface area contributed by atoms with Gasteiger partial charge in [-0.15, -0.1) is 0 Å². The van der Waals surface area contributed by atoms with Gasteiger partial charge < -0.3 is 43.2 Å². The van der Waals surface area contributed by atoms with Crippen molar-refractivity contribution in [2.75, 3.05) is 12.8 Å². The molecule has 0 atom stereocenters. The predicted octanol–water partition coefficient (Wildman–Crippen LogP) is -1.55. The van der Waals surface area contributed by atoms with Crippen LogP contribution in [0.4, 0.5) is 0 Å². The van der Waals surface area contributed by atoms with Gasteiger partial charge in [-0.1, -0.05) is 7.60 Å². The van der Waals surface area contributed by atoms with Crippen molar-refractivity contribution in [3.8, 4) is 0 Å². The van der Waals surface area contributed by atoms with Crippen LogP contribution in [0.3, 0.4) is 0 Å². The minimum atomic E-state index is -4.60. The average molecular weight is 220 g/mol. The highest BCUT2D eigenvalue weighted by Crippen LogP contribution is 2.18. The molecule has 0 saturated heterocycles. The van der Waals surface area contributed by atoms with Crippen LogP contribution in [0, 0.1) is 0 Å². The van der Waals surface area contributed by atoms with Crippen LogP contribution in [0.2, 0.25) is 0 Å². The van der Waals surface area contributed by atoms with Gasteiger partial charge in [0.1, 0.15) is 0 Å². The molecule has 13 N–H and O–H groups in total. The summed E-state index contributed by atoms with van der Waals surface area (Å²) in [6.45, 7) is -0.519. The summed E-state index contributed by atoms with van der Waals surface area (Å²) in [7, 11) is -4.60. The Balaban J connectivity index is -0.000000135. The predicted molar refractivity (Wildman–Crippen MR) is 45.1 cm³/mol. The van der Waals surface area contributed by atoms with Gasteiger partial charge in [0.25, 0.3) is 0 Å². The lowest BCUT2D eigenvalue weighted by Gasteiger charge is -2.28. The molecule has 0 saturated carbocycles. The molecular formula is C3H17N4O5P. The van der Waals surface area contributed by atoms with Crippen molar-refractivity contribution in [1.29, 1.82) is 0 Å². The monoisotopic (exact) mass is 220 g/mol. The Kier molecular flexibility index (Phi) is 16.8. The Bertz CT molecular complexity index is 169. The molecule has 0 bridgehead atoms. The van der Waals surface area contributed by atoms with Crippen molar-refractivity contribution >= 4 is 13.6 Å². The second-order valence-electron chi connectivity index (χ2n) is 1.59. The lowest BCUT2D eigenvalue weighted by Crippen LogP contribution is -2.30. The number of nitrogens with one attached hydrogen (secondary N) is 1. The van der Waals surface area contributed by atoms with E-state index in [4.69, 9.17) is 5.11 Å². The third-order valence-electron chi connectivity index (χ3n) is 0.582. The van der Waals surface area contributed by atoms with E-state index in [0.717, 1.165) is 0 Å². The summed E-state index contributed by atoms with van der Waals surface area (Å²) >= 11 is 0. The van der Waals surface area contributed by atoms with Gasteiger partial charge in [-0.3, -0.25) is 4.79 Å². The largest absolute Gasteiger partial charge is 0.810 e. The van der Waals surface area contributed by atoms with Crippen molar-refractivity contribution in [3.05, 3.63) is 0 Å². The van der Waals surface area contributed by atoms with Gasteiger partial charge in [-0.25, -0.2) is 0 Å². The van der Waals surface area contributed by atoms with Gasteiger partial charge in [-0.2, -0.15) is 0 Å². The third kappa shape index (κ3) is 24.6. The quantitative estimate of drug-likeness (QED) is 0.350. The SMILES string of the molecule is N.O=C(O)CNCP(=O)([O-])[O-].[NH4+].[NH4+]. The zero-order valence-electron chi connectivity index (χ0n) is 7.65. The van der Waals surface area contributed by atoms with Crippen LogP contribution >= 0.6 is 7.60 Å². The minimum absolute atomic E-state index is 0. The van der Waals surface area contributed by atoms with E-state index in [-0.39, 0.29) is 18.5 Å². The number of rotatable bonds is 4. The van der Waals surface area contributed by atoms with Crippen molar-refractivity contribution in [3.63, 3.8) is 0 Å². The summed E-state index contributed by atoms with van der Waals surface area (Å²) in [5.41, 5.74) is 0. The fourth-order valence-corrected chi connectivity index (χ4v) is 0.685. The Hall–Kier alpha value is -0.540. The van der Waals surface area contributed by atoms with Gasteiger partial charge >= 0.3 is 5.97 Å². The topological polar surface area (TPSA) is 221 Å². The first-order valence-electron chi connectivity index (χ1n) is 2.35. The molecule has 0 aromatic carbocycles. The molecule has 9 nitrogen and oxygen atoms in total. The highest BCUT2D eigenvalue weighted by Gasteiger charge is 1.95. The highest BCUT2D eigenvalue weighted by molar-refractivity contribution is 7.48. The van der Waals surface area contributed by atoms with Gasteiger partial charge in [-0.05, 0) is 0 Å². The second-order valence-corrected chi connectivity index (χ2v) is 3.13. The smallest absolute Gasteiger partial charge is 0.317 e. The van der Waals surface area contributed by atoms with E-state index in [9.17, 15) is 19.1 Å². The number of carboxylic acids is 1. The van der Waals surface area contributed by atoms with Crippen molar-refractivity contribution < 1.29 is 24.3 Å². The number of hydrogen-bond acceptors (Lipinski definition) is 6. The Morgan fingerprint density at radius 1 is 1.38 bits per heavy atom. The summed E-state index contributed by atoms with van der Waals surface area (Å²) < 4.78 is 9.83. The van der Waals surface area contributed by atoms with Crippen molar-refractivity contribution in [2.45, 2.75) is 0 Å². The van der Waals surface area contributed by atoms with E-state index in [1.54, 1.807) is 0 Å². The van der Waals surface area contributed by atoms with Crippen molar-refractivity contribution in [2.24, 2.45) is 0 Å². The van der Waals surface area contributed by atoms with Gasteiger partial charge in [0.05, 0.1) is 6.54 Å². The van der Waals surface area contributed by atoms with E-state index in [2.05, 4.69) is 0 Å². The van der Waals surface area contributed by atoms with Gasteiger partial charge in [0.2, 0.25) is 0 Å². The Morgan fingerprint density at radius 2 is 1.77 bits per heavy atom. The molecule has 0 aliphatic heterocycles. The van der Waals surface area contributed by atoms with E-state index in [1.807, 2.05) is 5.32 Å². The molecule has 0 heterocycles. The molecule has 10 heteroatoms. The number of carbonyl (C=O) groups is 1. The molecule has 0 unspecified atom stereocenters. The van der Waals surface area contributed by atoms with Crippen LogP contribution < -0.4 is 33.6 Å². The Labute approximate surface area is 75.4 Å². The van der Waals surface area contributed by atoms with Crippen LogP contribution in [0.25, 0.3) is 0 Å². The fourth-order valence-electron chi connectivity index (χ4n) is 0.300. The third-order valence-corrected chi connectivity index (χ3v) is 1.19. The molecule has 84 valence electrons. The summed E-state index contributed by atoms with van der Waals surface area (Å²) in [6.07, 6.45) is -0.820. The molecule has 0 aromatic heterocycles. The molecular weight excluding hydrogens is 203 g/mol. The number of carboxylic acid groups (broad SMARTS) is 1. The van der Waals surface area contributed by atoms with Crippen LogP contribution in [-0.4, -0.2) is 23.9 Å². The Morgan fingerprint density at radius 3 is 2.00 bits per heavy atom. The lowest BCUT2D eigenvalue weighted by atomic mass is 10.7. The van der Waals surface area contributed by atoms with Crippen LogP contribution in [0.1, 0.15) is 0 Å². The number of aliphatic carboxylic acids is 1. The molecule has 0 radical (unpaired) electrons. The van der Waals surface area contributed by atoms with E-state index >= 15 is 0 Å². The van der Waals surface area contributed by atoms with E-state index in [0.29, 0.717) is 0 Å². The van der Waals surface area contributed by atoms with Crippen LogP contribution in [0.5, 0.6) is 0 Å². The molecule has 0 aliphatic rings. The lowest BCUT2D eigenvalue weighted by molar-refractivity contribution is -0.313. The maximum absolute atomic E-state index is 9.83. The fraction of sp³-hybridized carbons (Fsp3) is 0.667. The van der Waals surface area contributed by atoms with Gasteiger partial charge in [0, 0.05) is 6.29 Å². The summed E-state index contributed by atoms with van der Waals surface area (Å²) in [5.74, 6) is -1.20. The molecule has 0 fully saturated rings. The maximum Gasteiger partial charge on any atom is 0.317 e. The normalized spacial score (nSPS) is 8.77.